The van der Waals surface area contributed by atoms with Crippen LogP contribution in [-0.2, 0) is 0 Å². The zero-order chi connectivity index (χ0) is 29.9. The number of hydrogen-bond donors (Lipinski definition) is 1. The van der Waals surface area contributed by atoms with Crippen LogP contribution in [0, 0.1) is 0 Å². The third-order valence-electron chi connectivity index (χ3n) is 9.11. The largest absolute Gasteiger partial charge is 0.369 e. The molecule has 8 aromatic rings. The van der Waals surface area contributed by atoms with Crippen molar-refractivity contribution in [3.63, 3.8) is 0 Å². The van der Waals surface area contributed by atoms with Crippen molar-refractivity contribution in [2.45, 2.75) is 6.23 Å². The number of aliphatic hydroxyl groups excluding tert-OH is 1. The van der Waals surface area contributed by atoms with Crippen LogP contribution in [0.5, 0.6) is 0 Å². The Morgan fingerprint density at radius 1 is 0.489 bits per heavy atom. The van der Waals surface area contributed by atoms with Crippen LogP contribution in [0.1, 0.15) is 11.8 Å². The molecule has 0 fully saturated rings. The summed E-state index contributed by atoms with van der Waals surface area (Å²) in [6.45, 7) is 0. The highest BCUT2D eigenvalue weighted by molar-refractivity contribution is 6.12. The van der Waals surface area contributed by atoms with Gasteiger partial charge < -0.3 is 5.11 Å². The number of fused-ring (bicyclic) bond motifs is 4. The van der Waals surface area contributed by atoms with E-state index in [0.717, 1.165) is 83.3 Å². The smallest absolute Gasteiger partial charge is 0.159 e. The number of nitrogens with zero attached hydrogens (tertiary/aromatic N) is 2. The fourth-order valence-electron chi connectivity index (χ4n) is 7.17. The van der Waals surface area contributed by atoms with Gasteiger partial charge in [0.15, 0.2) is 6.23 Å². The summed E-state index contributed by atoms with van der Waals surface area (Å²) in [7, 11) is 0. The average Bonchev–Trinajstić information content (AvgIpc) is 3.51. The van der Waals surface area contributed by atoms with Crippen molar-refractivity contribution in [3.05, 3.63) is 163 Å². The molecule has 212 valence electrons. The van der Waals surface area contributed by atoms with Gasteiger partial charge >= 0.3 is 0 Å². The van der Waals surface area contributed by atoms with Crippen LogP contribution < -0.4 is 0 Å². The Hall–Kier alpha value is -5.77. The minimum atomic E-state index is -0.902. The standard InChI is InChI=1S/C42H28N2O/c45-42-34-23-13-22-32-31(27-14-5-1-6-15-27)24-25-33(39(32)34)41-43-36-26-35(28-16-7-2-8-17-28)37(29-18-9-3-10-19-29)38(40(36)44(41)42)30-20-11-4-12-21-30/h1-26,42,45H. The molecule has 45 heavy (non-hydrogen) atoms. The van der Waals surface area contributed by atoms with Gasteiger partial charge in [-0.25, -0.2) is 4.98 Å². The maximum absolute atomic E-state index is 12.3. The van der Waals surface area contributed by atoms with Gasteiger partial charge in [0.1, 0.15) is 5.82 Å². The molecule has 0 radical (unpaired) electrons. The Morgan fingerprint density at radius 2 is 1.02 bits per heavy atom. The summed E-state index contributed by atoms with van der Waals surface area (Å²) in [6, 6.07) is 54.9. The molecule has 1 aliphatic heterocycles. The average molecular weight is 577 g/mol. The van der Waals surface area contributed by atoms with Crippen LogP contribution in [0.15, 0.2) is 158 Å². The summed E-state index contributed by atoms with van der Waals surface area (Å²) in [4.78, 5) is 5.34. The molecular weight excluding hydrogens is 548 g/mol. The lowest BCUT2D eigenvalue weighted by atomic mass is 9.86. The van der Waals surface area contributed by atoms with Gasteiger partial charge in [-0.3, -0.25) is 4.57 Å². The minimum Gasteiger partial charge on any atom is -0.369 e. The van der Waals surface area contributed by atoms with E-state index in [9.17, 15) is 5.11 Å². The molecule has 3 heteroatoms. The van der Waals surface area contributed by atoms with Crippen molar-refractivity contribution in [1.82, 2.24) is 9.55 Å². The van der Waals surface area contributed by atoms with Crippen LogP contribution in [0.4, 0.5) is 0 Å². The number of imidazole rings is 1. The molecule has 0 saturated carbocycles. The highest BCUT2D eigenvalue weighted by atomic mass is 16.3. The molecule has 1 atom stereocenters. The Balaban J connectivity index is 1.43. The molecule has 1 aromatic heterocycles. The molecular formula is C42H28N2O. The first-order valence-corrected chi connectivity index (χ1v) is 15.3. The lowest BCUT2D eigenvalue weighted by molar-refractivity contribution is 0.152. The maximum atomic E-state index is 12.3. The van der Waals surface area contributed by atoms with Crippen LogP contribution in [0.2, 0.25) is 0 Å². The minimum absolute atomic E-state index is 0.780. The lowest BCUT2D eigenvalue weighted by Crippen LogP contribution is -2.16. The lowest BCUT2D eigenvalue weighted by Gasteiger charge is -2.27. The number of aliphatic hydroxyl groups is 1. The molecule has 3 nitrogen and oxygen atoms in total. The number of rotatable bonds is 4. The summed E-state index contributed by atoms with van der Waals surface area (Å²) in [5.74, 6) is 0.780. The van der Waals surface area contributed by atoms with Crippen molar-refractivity contribution in [2.75, 3.05) is 0 Å². The van der Waals surface area contributed by atoms with Crippen molar-refractivity contribution in [3.8, 4) is 55.9 Å². The molecule has 1 unspecified atom stereocenters. The summed E-state index contributed by atoms with van der Waals surface area (Å²) >= 11 is 0. The van der Waals surface area contributed by atoms with E-state index in [1.54, 1.807) is 0 Å². The fraction of sp³-hybridized carbons (Fsp3) is 0.0238. The second kappa shape index (κ2) is 10.2. The topological polar surface area (TPSA) is 38.1 Å². The van der Waals surface area contributed by atoms with E-state index in [2.05, 4.69) is 150 Å². The molecule has 2 heterocycles. The van der Waals surface area contributed by atoms with Gasteiger partial charge in [-0.05, 0) is 56.5 Å². The first-order valence-electron chi connectivity index (χ1n) is 15.3. The SMILES string of the molecule is OC1c2cccc3c(-c4ccccc4)ccc(c23)-c2nc3cc(-c4ccccc4)c(-c4ccccc4)c(-c4ccccc4)c3n21. The third-order valence-corrected chi connectivity index (χ3v) is 9.11. The molecule has 0 aliphatic carbocycles. The molecule has 0 amide bonds. The van der Waals surface area contributed by atoms with E-state index in [1.807, 2.05) is 12.1 Å². The fourth-order valence-corrected chi connectivity index (χ4v) is 7.17. The molecule has 7 aromatic carbocycles. The molecule has 0 bridgehead atoms. The predicted octanol–water partition coefficient (Wildman–Crippen LogP) is 10.4. The number of aromatic nitrogens is 2. The van der Waals surface area contributed by atoms with Crippen molar-refractivity contribution >= 4 is 21.8 Å². The molecule has 9 rings (SSSR count). The van der Waals surface area contributed by atoms with E-state index in [1.165, 1.54) is 0 Å². The summed E-state index contributed by atoms with van der Waals surface area (Å²) in [5.41, 5.74) is 12.6. The van der Waals surface area contributed by atoms with E-state index < -0.39 is 6.23 Å². The zero-order valence-electron chi connectivity index (χ0n) is 24.4. The Morgan fingerprint density at radius 3 is 1.64 bits per heavy atom. The molecule has 0 saturated heterocycles. The van der Waals surface area contributed by atoms with Crippen molar-refractivity contribution in [1.29, 1.82) is 0 Å². The second-order valence-electron chi connectivity index (χ2n) is 11.6. The molecule has 1 N–H and O–H groups in total. The monoisotopic (exact) mass is 576 g/mol. The van der Waals surface area contributed by atoms with Gasteiger partial charge in [0.25, 0.3) is 0 Å². The van der Waals surface area contributed by atoms with Gasteiger partial charge in [-0.1, -0.05) is 146 Å². The normalized spacial score (nSPS) is 13.7. The maximum Gasteiger partial charge on any atom is 0.159 e. The quantitative estimate of drug-likeness (QED) is 0.226. The van der Waals surface area contributed by atoms with Gasteiger partial charge in [0, 0.05) is 22.1 Å². The Kier molecular flexibility index (Phi) is 5.80. The van der Waals surface area contributed by atoms with Gasteiger partial charge in [-0.2, -0.15) is 0 Å². The zero-order valence-corrected chi connectivity index (χ0v) is 24.4. The molecule has 0 spiro atoms. The van der Waals surface area contributed by atoms with Crippen LogP contribution in [0.3, 0.4) is 0 Å². The van der Waals surface area contributed by atoms with Crippen molar-refractivity contribution in [2.24, 2.45) is 0 Å². The van der Waals surface area contributed by atoms with Crippen LogP contribution in [-0.4, -0.2) is 14.7 Å². The number of benzene rings is 7. The van der Waals surface area contributed by atoms with Gasteiger partial charge in [-0.15, -0.1) is 0 Å². The Bertz CT molecular complexity index is 2360. The van der Waals surface area contributed by atoms with E-state index in [-0.39, 0.29) is 0 Å². The predicted molar refractivity (Wildman–Crippen MR) is 185 cm³/mol. The van der Waals surface area contributed by atoms with Crippen LogP contribution >= 0.6 is 0 Å². The van der Waals surface area contributed by atoms with E-state index in [0.29, 0.717) is 0 Å². The van der Waals surface area contributed by atoms with E-state index in [4.69, 9.17) is 4.98 Å². The van der Waals surface area contributed by atoms with Gasteiger partial charge in [0.2, 0.25) is 0 Å². The number of hydrogen-bond acceptors (Lipinski definition) is 2. The van der Waals surface area contributed by atoms with Gasteiger partial charge in [0.05, 0.1) is 11.0 Å². The summed E-state index contributed by atoms with van der Waals surface area (Å²) in [6.07, 6.45) is -0.902. The summed E-state index contributed by atoms with van der Waals surface area (Å²) in [5, 5.41) is 14.5. The highest BCUT2D eigenvalue weighted by Crippen LogP contribution is 2.50. The van der Waals surface area contributed by atoms with E-state index >= 15 is 0 Å². The van der Waals surface area contributed by atoms with Crippen molar-refractivity contribution < 1.29 is 5.11 Å². The first kappa shape index (κ1) is 25.7. The molecule has 1 aliphatic rings. The first-order chi connectivity index (χ1) is 22.3. The van der Waals surface area contributed by atoms with Crippen LogP contribution in [0.25, 0.3) is 77.7 Å². The summed E-state index contributed by atoms with van der Waals surface area (Å²) < 4.78 is 2.05. The third kappa shape index (κ3) is 3.91. The Labute approximate surface area is 261 Å². The second-order valence-corrected chi connectivity index (χ2v) is 11.6. The highest BCUT2D eigenvalue weighted by Gasteiger charge is 2.32.